The maximum Gasteiger partial charge on any atom is 0.289 e. The van der Waals surface area contributed by atoms with Crippen LogP contribution in [0.4, 0.5) is 0 Å². The van der Waals surface area contributed by atoms with Gasteiger partial charge in [-0.3, -0.25) is 4.79 Å². The number of hydrogen-bond donors (Lipinski definition) is 1. The molecule has 16 heavy (non-hydrogen) atoms. The average molecular weight is 243 g/mol. The first-order valence-corrected chi connectivity index (χ1v) is 5.65. The number of nitrogens with one attached hydrogen (secondary N) is 1. The molecule has 0 atom stereocenters. The van der Waals surface area contributed by atoms with Crippen molar-refractivity contribution >= 4 is 17.5 Å². The highest BCUT2D eigenvalue weighted by Gasteiger charge is 2.30. The molecule has 1 amide bonds. The first-order chi connectivity index (χ1) is 7.48. The third kappa shape index (κ3) is 2.39. The molecule has 1 saturated heterocycles. The van der Waals surface area contributed by atoms with Gasteiger partial charge in [0.15, 0.2) is 11.0 Å². The Morgan fingerprint density at radius 1 is 1.56 bits per heavy atom. The molecule has 0 saturated carbocycles. The summed E-state index contributed by atoms with van der Waals surface area (Å²) in [6.07, 6.45) is 0. The lowest BCUT2D eigenvalue weighted by atomic mass is 10.0. The monoisotopic (exact) mass is 242 g/mol. The van der Waals surface area contributed by atoms with Crippen LogP contribution in [0.5, 0.6) is 0 Å². The summed E-state index contributed by atoms with van der Waals surface area (Å²) in [7, 11) is 0. The highest BCUT2D eigenvalue weighted by atomic mass is 35.5. The van der Waals surface area contributed by atoms with Gasteiger partial charge in [-0.2, -0.15) is 0 Å². The molecule has 1 aliphatic rings. The van der Waals surface area contributed by atoms with E-state index in [9.17, 15) is 4.79 Å². The minimum Gasteiger partial charge on any atom is -0.440 e. The molecule has 4 nitrogen and oxygen atoms in total. The van der Waals surface area contributed by atoms with E-state index in [1.807, 2.05) is 0 Å². The molecule has 2 rings (SSSR count). The zero-order valence-electron chi connectivity index (χ0n) is 9.42. The molecule has 5 heteroatoms. The number of amides is 1. The fourth-order valence-corrected chi connectivity index (χ4v) is 2.05. The van der Waals surface area contributed by atoms with Gasteiger partial charge in [-0.1, -0.05) is 0 Å². The van der Waals surface area contributed by atoms with Crippen molar-refractivity contribution < 1.29 is 9.21 Å². The highest BCUT2D eigenvalue weighted by Crippen LogP contribution is 2.17. The van der Waals surface area contributed by atoms with Gasteiger partial charge in [0.2, 0.25) is 0 Å². The zero-order chi connectivity index (χ0) is 11.8. The number of furan rings is 1. The summed E-state index contributed by atoms with van der Waals surface area (Å²) in [5.41, 5.74) is -0.0513. The van der Waals surface area contributed by atoms with Crippen LogP contribution < -0.4 is 5.32 Å². The molecular weight excluding hydrogens is 228 g/mol. The van der Waals surface area contributed by atoms with Crippen molar-refractivity contribution in [1.82, 2.24) is 10.2 Å². The first-order valence-electron chi connectivity index (χ1n) is 5.28. The molecular formula is C11H15ClN2O2. The predicted octanol–water partition coefficient (Wildman–Crippen LogP) is 1.76. The summed E-state index contributed by atoms with van der Waals surface area (Å²) < 4.78 is 5.12. The van der Waals surface area contributed by atoms with E-state index in [0.29, 0.717) is 18.8 Å². The molecule has 0 radical (unpaired) electrons. The Bertz CT molecular complexity index is 400. The lowest BCUT2D eigenvalue weighted by molar-refractivity contribution is 0.0620. The van der Waals surface area contributed by atoms with Crippen LogP contribution in [0.15, 0.2) is 16.5 Å². The van der Waals surface area contributed by atoms with E-state index in [1.54, 1.807) is 17.0 Å². The fraction of sp³-hybridized carbons (Fsp3) is 0.545. The zero-order valence-corrected chi connectivity index (χ0v) is 10.2. The summed E-state index contributed by atoms with van der Waals surface area (Å²) in [4.78, 5) is 13.8. The largest absolute Gasteiger partial charge is 0.440 e. The fourth-order valence-electron chi connectivity index (χ4n) is 1.90. The normalized spacial score (nSPS) is 19.8. The van der Waals surface area contributed by atoms with Crippen molar-refractivity contribution in [3.05, 3.63) is 23.1 Å². The Labute approximate surface area is 99.5 Å². The molecule has 1 N–H and O–H groups in total. The smallest absolute Gasteiger partial charge is 0.289 e. The molecule has 88 valence electrons. The standard InChI is InChI=1S/C11H15ClN2O2/c1-11(2)7-14(6-5-13-11)10(15)8-3-4-9(12)16-8/h3-4,13H,5-7H2,1-2H3. The summed E-state index contributed by atoms with van der Waals surface area (Å²) in [6, 6.07) is 3.20. The molecule has 1 aliphatic heterocycles. The van der Waals surface area contributed by atoms with Crippen LogP contribution >= 0.6 is 11.6 Å². The van der Waals surface area contributed by atoms with Gasteiger partial charge in [-0.15, -0.1) is 0 Å². The van der Waals surface area contributed by atoms with Crippen LogP contribution in [0.3, 0.4) is 0 Å². The Balaban J connectivity index is 2.10. The number of carbonyl (C=O) groups excluding carboxylic acids is 1. The number of rotatable bonds is 1. The second kappa shape index (κ2) is 4.11. The van der Waals surface area contributed by atoms with Gasteiger partial charge in [0.1, 0.15) is 0 Å². The summed E-state index contributed by atoms with van der Waals surface area (Å²) in [5.74, 6) is 0.212. The molecule has 0 bridgehead atoms. The third-order valence-electron chi connectivity index (χ3n) is 2.64. The van der Waals surface area contributed by atoms with Crippen molar-refractivity contribution in [3.63, 3.8) is 0 Å². The highest BCUT2D eigenvalue weighted by molar-refractivity contribution is 6.29. The van der Waals surface area contributed by atoms with Crippen LogP contribution in [0.25, 0.3) is 0 Å². The van der Waals surface area contributed by atoms with Gasteiger partial charge in [0.25, 0.3) is 5.91 Å². The quantitative estimate of drug-likeness (QED) is 0.816. The van der Waals surface area contributed by atoms with Crippen molar-refractivity contribution in [3.8, 4) is 0 Å². The van der Waals surface area contributed by atoms with Crippen LogP contribution in [0.1, 0.15) is 24.4 Å². The second-order valence-corrected chi connectivity index (χ2v) is 5.01. The van der Waals surface area contributed by atoms with E-state index in [1.165, 1.54) is 0 Å². The maximum absolute atomic E-state index is 12.0. The van der Waals surface area contributed by atoms with Crippen molar-refractivity contribution in [1.29, 1.82) is 0 Å². The number of piperazine rings is 1. The molecule has 0 aromatic carbocycles. The average Bonchev–Trinajstić information content (AvgIpc) is 2.62. The lowest BCUT2D eigenvalue weighted by Crippen LogP contribution is -2.58. The lowest BCUT2D eigenvalue weighted by Gasteiger charge is -2.38. The van der Waals surface area contributed by atoms with Crippen molar-refractivity contribution in [2.24, 2.45) is 0 Å². The van der Waals surface area contributed by atoms with E-state index in [-0.39, 0.29) is 16.7 Å². The SMILES string of the molecule is CC1(C)CN(C(=O)c2ccc(Cl)o2)CCN1. The Morgan fingerprint density at radius 2 is 2.31 bits per heavy atom. The van der Waals surface area contributed by atoms with E-state index < -0.39 is 0 Å². The van der Waals surface area contributed by atoms with Gasteiger partial charge in [0, 0.05) is 25.2 Å². The summed E-state index contributed by atoms with van der Waals surface area (Å²) >= 11 is 5.65. The number of nitrogens with zero attached hydrogens (tertiary/aromatic N) is 1. The van der Waals surface area contributed by atoms with Crippen LogP contribution in [-0.4, -0.2) is 36.0 Å². The van der Waals surface area contributed by atoms with Gasteiger partial charge in [0.05, 0.1) is 0 Å². The minimum atomic E-state index is -0.0959. The Morgan fingerprint density at radius 3 is 2.88 bits per heavy atom. The van der Waals surface area contributed by atoms with Gasteiger partial charge < -0.3 is 14.6 Å². The van der Waals surface area contributed by atoms with E-state index in [4.69, 9.17) is 16.0 Å². The van der Waals surface area contributed by atoms with Crippen LogP contribution in [-0.2, 0) is 0 Å². The predicted molar refractivity (Wildman–Crippen MR) is 61.7 cm³/mol. The first kappa shape index (κ1) is 11.5. The maximum atomic E-state index is 12.0. The van der Waals surface area contributed by atoms with Crippen molar-refractivity contribution in [2.45, 2.75) is 19.4 Å². The number of carbonyl (C=O) groups is 1. The van der Waals surface area contributed by atoms with E-state index in [2.05, 4.69) is 19.2 Å². The molecule has 0 unspecified atom stereocenters. The molecule has 2 heterocycles. The number of hydrogen-bond acceptors (Lipinski definition) is 3. The topological polar surface area (TPSA) is 45.5 Å². The third-order valence-corrected chi connectivity index (χ3v) is 2.85. The summed E-state index contributed by atoms with van der Waals surface area (Å²) in [6.45, 7) is 6.31. The van der Waals surface area contributed by atoms with Gasteiger partial charge >= 0.3 is 0 Å². The molecule has 0 spiro atoms. The molecule has 0 aliphatic carbocycles. The van der Waals surface area contributed by atoms with Crippen molar-refractivity contribution in [2.75, 3.05) is 19.6 Å². The molecule has 1 aromatic rings. The Kier molecular flexibility index (Phi) is 2.95. The second-order valence-electron chi connectivity index (χ2n) is 4.64. The molecule has 1 fully saturated rings. The van der Waals surface area contributed by atoms with E-state index >= 15 is 0 Å². The van der Waals surface area contributed by atoms with Crippen LogP contribution in [0, 0.1) is 0 Å². The van der Waals surface area contributed by atoms with Crippen LogP contribution in [0.2, 0.25) is 5.22 Å². The van der Waals surface area contributed by atoms with E-state index in [0.717, 1.165) is 6.54 Å². The van der Waals surface area contributed by atoms with Gasteiger partial charge in [-0.25, -0.2) is 0 Å². The van der Waals surface area contributed by atoms with Gasteiger partial charge in [-0.05, 0) is 37.6 Å². The number of halogens is 1. The molecule has 1 aromatic heterocycles. The summed E-state index contributed by atoms with van der Waals surface area (Å²) in [5, 5.41) is 3.60. The minimum absolute atomic E-state index is 0.0513. The Hall–Kier alpha value is -1.00.